The third-order valence-electron chi connectivity index (χ3n) is 6.43. The first kappa shape index (κ1) is 21.1. The standard InChI is InChI=1S/C27H22N4O4/c1-14-6-8-18-20(11-14)30-27(29-18)31-23(19-5-3-4-10-28-19)22(25(33)26(31)34)24(32)16-7-9-21-17(13-16)12-15(2)35-21/h3-11,13,15,23,32H,12H2,1-2H3,(H,29,30)/b24-22+. The van der Waals surface area contributed by atoms with E-state index in [9.17, 15) is 14.7 Å². The van der Waals surface area contributed by atoms with E-state index in [0.717, 1.165) is 22.4 Å². The highest BCUT2D eigenvalue weighted by molar-refractivity contribution is 6.51. The number of Topliss-reactive ketones (excluding diaryl/α,β-unsaturated/α-hetero) is 1. The van der Waals surface area contributed by atoms with Crippen molar-refractivity contribution < 1.29 is 19.4 Å². The average molecular weight is 466 g/mol. The summed E-state index contributed by atoms with van der Waals surface area (Å²) < 4.78 is 5.76. The predicted octanol–water partition coefficient (Wildman–Crippen LogP) is 4.22. The molecule has 1 saturated heterocycles. The van der Waals surface area contributed by atoms with Crippen LogP contribution in [0.4, 0.5) is 5.95 Å². The number of ether oxygens (including phenoxy) is 1. The Labute approximate surface area is 200 Å². The van der Waals surface area contributed by atoms with Gasteiger partial charge >= 0.3 is 5.91 Å². The molecule has 2 aromatic heterocycles. The molecule has 2 N–H and O–H groups in total. The van der Waals surface area contributed by atoms with Crippen LogP contribution in [0.5, 0.6) is 5.75 Å². The largest absolute Gasteiger partial charge is 0.507 e. The van der Waals surface area contributed by atoms with E-state index < -0.39 is 17.7 Å². The number of aryl methyl sites for hydroxylation is 1. The van der Waals surface area contributed by atoms with Crippen molar-refractivity contribution in [3.8, 4) is 5.75 Å². The van der Waals surface area contributed by atoms with Crippen molar-refractivity contribution >= 4 is 34.4 Å². The number of imidazole rings is 1. The number of carbonyl (C=O) groups excluding carboxylic acids is 2. The first-order valence-electron chi connectivity index (χ1n) is 11.4. The van der Waals surface area contributed by atoms with Crippen molar-refractivity contribution in [1.29, 1.82) is 0 Å². The molecule has 4 aromatic rings. The number of hydrogen-bond acceptors (Lipinski definition) is 6. The number of nitrogens with one attached hydrogen (secondary N) is 1. The molecule has 1 fully saturated rings. The summed E-state index contributed by atoms with van der Waals surface area (Å²) >= 11 is 0. The van der Waals surface area contributed by atoms with Crippen molar-refractivity contribution in [3.05, 3.63) is 88.8 Å². The SMILES string of the molecule is Cc1ccc2nc(N3C(=O)C(=O)/C(=C(/O)c4ccc5c(c4)CC(C)O5)C3c3ccccn3)[nH]c2c1. The zero-order valence-electron chi connectivity index (χ0n) is 19.1. The molecule has 0 bridgehead atoms. The number of fused-ring (bicyclic) bond motifs is 2. The lowest BCUT2D eigenvalue weighted by atomic mass is 9.97. The molecule has 2 aliphatic rings. The van der Waals surface area contributed by atoms with Gasteiger partial charge in [-0.15, -0.1) is 0 Å². The quantitative estimate of drug-likeness (QED) is 0.266. The molecule has 2 aromatic carbocycles. The number of ketones is 1. The number of rotatable bonds is 3. The number of pyridine rings is 1. The molecule has 0 aliphatic carbocycles. The maximum Gasteiger partial charge on any atom is 0.302 e. The molecule has 8 heteroatoms. The Morgan fingerprint density at radius 1 is 1.14 bits per heavy atom. The second-order valence-corrected chi connectivity index (χ2v) is 8.96. The number of carbonyl (C=O) groups is 2. The molecule has 35 heavy (non-hydrogen) atoms. The first-order chi connectivity index (χ1) is 16.9. The van der Waals surface area contributed by atoms with E-state index in [1.54, 1.807) is 42.6 Å². The molecule has 2 atom stereocenters. The minimum absolute atomic E-state index is 0.0303. The van der Waals surface area contributed by atoms with Gasteiger partial charge in [0.25, 0.3) is 5.78 Å². The average Bonchev–Trinajstić information content (AvgIpc) is 3.51. The van der Waals surface area contributed by atoms with Gasteiger partial charge in [-0.3, -0.25) is 19.5 Å². The number of H-pyrrole nitrogens is 1. The molecule has 0 radical (unpaired) electrons. The summed E-state index contributed by atoms with van der Waals surface area (Å²) in [5.74, 6) is -0.848. The Hall–Kier alpha value is -4.46. The smallest absolute Gasteiger partial charge is 0.302 e. The lowest BCUT2D eigenvalue weighted by molar-refractivity contribution is -0.132. The van der Waals surface area contributed by atoms with Gasteiger partial charge in [0.05, 0.1) is 22.3 Å². The molecule has 6 rings (SSSR count). The molecular formula is C27H22N4O4. The highest BCUT2D eigenvalue weighted by Crippen LogP contribution is 2.42. The molecular weight excluding hydrogens is 444 g/mol. The Balaban J connectivity index is 1.53. The van der Waals surface area contributed by atoms with Crippen LogP contribution in [0.25, 0.3) is 16.8 Å². The van der Waals surface area contributed by atoms with Gasteiger partial charge in [0.15, 0.2) is 0 Å². The minimum Gasteiger partial charge on any atom is -0.507 e. The van der Waals surface area contributed by atoms with Crippen molar-refractivity contribution in [1.82, 2.24) is 15.0 Å². The topological polar surface area (TPSA) is 108 Å². The maximum absolute atomic E-state index is 13.3. The summed E-state index contributed by atoms with van der Waals surface area (Å²) in [5.41, 5.74) is 4.25. The van der Waals surface area contributed by atoms with Crippen LogP contribution in [-0.4, -0.2) is 37.9 Å². The summed E-state index contributed by atoms with van der Waals surface area (Å²) in [4.78, 5) is 40.1. The Morgan fingerprint density at radius 2 is 2.00 bits per heavy atom. The van der Waals surface area contributed by atoms with Gasteiger partial charge < -0.3 is 14.8 Å². The maximum atomic E-state index is 13.3. The Kier molecular flexibility index (Phi) is 4.70. The van der Waals surface area contributed by atoms with Gasteiger partial charge in [0, 0.05) is 18.2 Å². The van der Waals surface area contributed by atoms with Gasteiger partial charge in [0.2, 0.25) is 5.95 Å². The lowest BCUT2D eigenvalue weighted by Crippen LogP contribution is -2.30. The van der Waals surface area contributed by atoms with Gasteiger partial charge in [0.1, 0.15) is 23.7 Å². The highest BCUT2D eigenvalue weighted by atomic mass is 16.5. The second-order valence-electron chi connectivity index (χ2n) is 8.96. The van der Waals surface area contributed by atoms with Crippen molar-refractivity contribution in [3.63, 3.8) is 0 Å². The minimum atomic E-state index is -0.943. The number of aliphatic hydroxyl groups is 1. The second kappa shape index (κ2) is 7.80. The van der Waals surface area contributed by atoms with Crippen LogP contribution in [-0.2, 0) is 16.0 Å². The van der Waals surface area contributed by atoms with Crippen LogP contribution in [0.3, 0.4) is 0 Å². The fourth-order valence-corrected chi connectivity index (χ4v) is 4.82. The monoisotopic (exact) mass is 466 g/mol. The fourth-order valence-electron chi connectivity index (χ4n) is 4.82. The van der Waals surface area contributed by atoms with E-state index in [-0.39, 0.29) is 23.4 Å². The summed E-state index contributed by atoms with van der Waals surface area (Å²) in [7, 11) is 0. The fraction of sp³-hybridized carbons (Fsp3) is 0.185. The van der Waals surface area contributed by atoms with Crippen LogP contribution in [0.1, 0.15) is 35.3 Å². The normalized spacial score (nSPS) is 20.9. The van der Waals surface area contributed by atoms with Gasteiger partial charge in [-0.1, -0.05) is 12.1 Å². The molecule has 0 saturated carbocycles. The molecule has 8 nitrogen and oxygen atoms in total. The first-order valence-corrected chi connectivity index (χ1v) is 11.4. The predicted molar refractivity (Wildman–Crippen MR) is 130 cm³/mol. The zero-order valence-corrected chi connectivity index (χ0v) is 19.1. The van der Waals surface area contributed by atoms with E-state index >= 15 is 0 Å². The number of amides is 1. The van der Waals surface area contributed by atoms with Crippen molar-refractivity contribution in [2.75, 3.05) is 4.90 Å². The molecule has 2 unspecified atom stereocenters. The molecule has 0 spiro atoms. The van der Waals surface area contributed by atoms with Gasteiger partial charge in [-0.2, -0.15) is 0 Å². The highest BCUT2D eigenvalue weighted by Gasteiger charge is 2.49. The van der Waals surface area contributed by atoms with Crippen molar-refractivity contribution in [2.24, 2.45) is 0 Å². The van der Waals surface area contributed by atoms with Crippen molar-refractivity contribution in [2.45, 2.75) is 32.4 Å². The Morgan fingerprint density at radius 3 is 2.80 bits per heavy atom. The van der Waals surface area contributed by atoms with E-state index in [4.69, 9.17) is 4.74 Å². The van der Waals surface area contributed by atoms with Crippen LogP contribution < -0.4 is 9.64 Å². The third-order valence-corrected chi connectivity index (χ3v) is 6.43. The number of aliphatic hydroxyl groups excluding tert-OH is 1. The van der Waals surface area contributed by atoms with E-state index in [0.29, 0.717) is 23.2 Å². The number of aromatic amines is 1. The number of aromatic nitrogens is 3. The van der Waals surface area contributed by atoms with Gasteiger partial charge in [-0.05, 0) is 67.4 Å². The summed E-state index contributed by atoms with van der Waals surface area (Å²) in [5, 5.41) is 11.4. The summed E-state index contributed by atoms with van der Waals surface area (Å²) in [6.45, 7) is 3.93. The van der Waals surface area contributed by atoms with Crippen LogP contribution in [0, 0.1) is 6.92 Å². The van der Waals surface area contributed by atoms with Gasteiger partial charge in [-0.25, -0.2) is 4.98 Å². The van der Waals surface area contributed by atoms with Crippen LogP contribution >= 0.6 is 0 Å². The summed E-state index contributed by atoms with van der Waals surface area (Å²) in [6, 6.07) is 15.3. The Bertz CT molecular complexity index is 1540. The summed E-state index contributed by atoms with van der Waals surface area (Å²) in [6.07, 6.45) is 2.33. The van der Waals surface area contributed by atoms with E-state index in [2.05, 4.69) is 15.0 Å². The van der Waals surface area contributed by atoms with E-state index in [1.165, 1.54) is 4.90 Å². The molecule has 4 heterocycles. The number of anilines is 1. The molecule has 1 amide bonds. The number of benzene rings is 2. The number of nitrogens with zero attached hydrogens (tertiary/aromatic N) is 3. The van der Waals surface area contributed by atoms with E-state index in [1.807, 2.05) is 32.0 Å². The molecule has 174 valence electrons. The van der Waals surface area contributed by atoms with Crippen LogP contribution in [0.2, 0.25) is 0 Å². The zero-order chi connectivity index (χ0) is 24.3. The third kappa shape index (κ3) is 3.37. The number of hydrogen-bond donors (Lipinski definition) is 2. The van der Waals surface area contributed by atoms with Crippen LogP contribution in [0.15, 0.2) is 66.4 Å². The lowest BCUT2D eigenvalue weighted by Gasteiger charge is -2.22. The molecule has 2 aliphatic heterocycles.